The van der Waals surface area contributed by atoms with E-state index in [1.165, 1.54) is 5.56 Å². The molecule has 2 rings (SSSR count). The van der Waals surface area contributed by atoms with Crippen molar-refractivity contribution in [2.75, 3.05) is 0 Å². The lowest BCUT2D eigenvalue weighted by Gasteiger charge is -2.22. The number of carboxylic acid groups (broad SMARTS) is 1. The zero-order valence-corrected chi connectivity index (χ0v) is 10.5. The molecule has 0 atom stereocenters. The third-order valence-corrected chi connectivity index (χ3v) is 2.98. The molecule has 0 aliphatic heterocycles. The molecule has 2 N–H and O–H groups in total. The Morgan fingerprint density at radius 2 is 1.72 bits per heavy atom. The molecule has 1 saturated carbocycles. The van der Waals surface area contributed by atoms with Gasteiger partial charge in [0.05, 0.1) is 5.71 Å². The number of carbonyl (C=O) groups is 1. The van der Waals surface area contributed by atoms with E-state index in [4.69, 9.17) is 15.1 Å². The topological polar surface area (TPSA) is 69.9 Å². The van der Waals surface area contributed by atoms with Gasteiger partial charge < -0.3 is 10.3 Å². The van der Waals surface area contributed by atoms with Crippen LogP contribution >= 0.6 is 0 Å². The highest BCUT2D eigenvalue weighted by molar-refractivity contribution is 5.84. The second-order valence-corrected chi connectivity index (χ2v) is 4.37. The Morgan fingerprint density at radius 3 is 2.17 bits per heavy atom. The summed E-state index contributed by atoms with van der Waals surface area (Å²) in [5.74, 6) is -0.179. The van der Waals surface area contributed by atoms with Gasteiger partial charge in [0.1, 0.15) is 0 Å². The maximum atomic E-state index is 9.00. The number of carboxylic acids is 1. The predicted octanol–water partition coefficient (Wildman–Crippen LogP) is 3.27. The van der Waals surface area contributed by atoms with Crippen LogP contribution in [0.3, 0.4) is 0 Å². The summed E-state index contributed by atoms with van der Waals surface area (Å²) < 4.78 is 0. The van der Waals surface area contributed by atoms with Crippen LogP contribution in [-0.4, -0.2) is 22.0 Å². The third kappa shape index (κ3) is 4.99. The Kier molecular flexibility index (Phi) is 5.91. The molecule has 1 aromatic rings. The number of aliphatic carboxylic acids is 1. The van der Waals surface area contributed by atoms with Crippen molar-refractivity contribution in [3.05, 3.63) is 35.9 Å². The van der Waals surface area contributed by atoms with E-state index in [0.29, 0.717) is 5.92 Å². The van der Waals surface area contributed by atoms with Crippen molar-refractivity contribution >= 4 is 11.7 Å². The Hall–Kier alpha value is -1.84. The molecule has 4 heteroatoms. The van der Waals surface area contributed by atoms with E-state index in [1.54, 1.807) is 0 Å². The second kappa shape index (κ2) is 7.48. The SMILES string of the molecule is CC(=O)O.ON=C1CCC(c2ccccc2)CC1. The van der Waals surface area contributed by atoms with Gasteiger partial charge in [0.25, 0.3) is 5.97 Å². The monoisotopic (exact) mass is 249 g/mol. The second-order valence-electron chi connectivity index (χ2n) is 4.37. The van der Waals surface area contributed by atoms with Crippen molar-refractivity contribution in [2.45, 2.75) is 38.5 Å². The maximum absolute atomic E-state index is 9.00. The van der Waals surface area contributed by atoms with Crippen molar-refractivity contribution in [3.8, 4) is 0 Å². The molecule has 0 amide bonds. The molecule has 0 saturated heterocycles. The van der Waals surface area contributed by atoms with E-state index in [9.17, 15) is 0 Å². The normalized spacial score (nSPS) is 18.5. The molecule has 0 unspecified atom stereocenters. The van der Waals surface area contributed by atoms with Crippen molar-refractivity contribution < 1.29 is 15.1 Å². The quantitative estimate of drug-likeness (QED) is 0.592. The van der Waals surface area contributed by atoms with Crippen LogP contribution in [0.25, 0.3) is 0 Å². The molecule has 0 radical (unpaired) electrons. The number of nitrogens with zero attached hydrogens (tertiary/aromatic N) is 1. The highest BCUT2D eigenvalue weighted by Gasteiger charge is 2.18. The van der Waals surface area contributed by atoms with E-state index in [1.807, 2.05) is 6.07 Å². The van der Waals surface area contributed by atoms with Crippen LogP contribution in [0, 0.1) is 0 Å². The lowest BCUT2D eigenvalue weighted by atomic mass is 9.83. The fourth-order valence-corrected chi connectivity index (χ4v) is 2.11. The first-order chi connectivity index (χ1) is 8.63. The van der Waals surface area contributed by atoms with Gasteiger partial charge in [-0.2, -0.15) is 0 Å². The summed E-state index contributed by atoms with van der Waals surface area (Å²) in [6.45, 7) is 1.08. The highest BCUT2D eigenvalue weighted by Crippen LogP contribution is 2.31. The zero-order valence-electron chi connectivity index (χ0n) is 10.5. The summed E-state index contributed by atoms with van der Waals surface area (Å²) in [4.78, 5) is 9.00. The van der Waals surface area contributed by atoms with Gasteiger partial charge in [-0.1, -0.05) is 35.5 Å². The number of hydrogen-bond acceptors (Lipinski definition) is 3. The molecule has 0 aromatic heterocycles. The van der Waals surface area contributed by atoms with Gasteiger partial charge in [0.2, 0.25) is 0 Å². The molecule has 1 aliphatic rings. The van der Waals surface area contributed by atoms with Crippen LogP contribution in [0.1, 0.15) is 44.1 Å². The number of benzene rings is 1. The van der Waals surface area contributed by atoms with Gasteiger partial charge in [-0.15, -0.1) is 0 Å². The number of hydrogen-bond donors (Lipinski definition) is 2. The van der Waals surface area contributed by atoms with Crippen molar-refractivity contribution in [1.29, 1.82) is 0 Å². The predicted molar refractivity (Wildman–Crippen MR) is 70.2 cm³/mol. The largest absolute Gasteiger partial charge is 0.481 e. The van der Waals surface area contributed by atoms with Gasteiger partial charge in [-0.05, 0) is 37.2 Å². The van der Waals surface area contributed by atoms with Crippen molar-refractivity contribution in [1.82, 2.24) is 0 Å². The van der Waals surface area contributed by atoms with E-state index >= 15 is 0 Å². The molecular weight excluding hydrogens is 230 g/mol. The summed E-state index contributed by atoms with van der Waals surface area (Å²) in [7, 11) is 0. The molecule has 98 valence electrons. The zero-order chi connectivity index (χ0) is 13.4. The van der Waals surface area contributed by atoms with Crippen LogP contribution in [0.15, 0.2) is 35.5 Å². The maximum Gasteiger partial charge on any atom is 0.300 e. The Morgan fingerprint density at radius 1 is 1.22 bits per heavy atom. The minimum Gasteiger partial charge on any atom is -0.481 e. The lowest BCUT2D eigenvalue weighted by molar-refractivity contribution is -0.134. The molecule has 0 heterocycles. The molecule has 18 heavy (non-hydrogen) atoms. The Bertz CT molecular complexity index is 387. The molecule has 0 spiro atoms. The third-order valence-electron chi connectivity index (χ3n) is 2.98. The first-order valence-electron chi connectivity index (χ1n) is 6.07. The van der Waals surface area contributed by atoms with E-state index in [-0.39, 0.29) is 0 Å². The van der Waals surface area contributed by atoms with Gasteiger partial charge >= 0.3 is 0 Å². The molecular formula is C14H19NO3. The Balaban J connectivity index is 0.000000357. The molecule has 1 aromatic carbocycles. The van der Waals surface area contributed by atoms with Crippen LogP contribution in [-0.2, 0) is 4.79 Å². The average Bonchev–Trinajstić information content (AvgIpc) is 2.39. The van der Waals surface area contributed by atoms with E-state index in [0.717, 1.165) is 38.3 Å². The van der Waals surface area contributed by atoms with Gasteiger partial charge in [0, 0.05) is 6.92 Å². The fourth-order valence-electron chi connectivity index (χ4n) is 2.11. The standard InChI is InChI=1S/C12H15NO.C2H4O2/c14-13-12-8-6-11(7-9-12)10-4-2-1-3-5-10;1-2(3)4/h1-5,11,14H,6-9H2;1H3,(H,3,4). The molecule has 4 nitrogen and oxygen atoms in total. The van der Waals surface area contributed by atoms with Crippen LogP contribution in [0.2, 0.25) is 0 Å². The van der Waals surface area contributed by atoms with Crippen molar-refractivity contribution in [2.24, 2.45) is 5.16 Å². The minimum atomic E-state index is -0.833. The molecule has 1 fully saturated rings. The number of rotatable bonds is 1. The smallest absolute Gasteiger partial charge is 0.300 e. The minimum absolute atomic E-state index is 0.654. The van der Waals surface area contributed by atoms with E-state index < -0.39 is 5.97 Å². The number of oxime groups is 1. The lowest BCUT2D eigenvalue weighted by Crippen LogP contribution is -2.12. The van der Waals surface area contributed by atoms with Gasteiger partial charge in [-0.3, -0.25) is 4.79 Å². The van der Waals surface area contributed by atoms with Gasteiger partial charge in [0.15, 0.2) is 0 Å². The summed E-state index contributed by atoms with van der Waals surface area (Å²) in [6, 6.07) is 10.6. The van der Waals surface area contributed by atoms with Gasteiger partial charge in [-0.25, -0.2) is 0 Å². The van der Waals surface area contributed by atoms with Crippen LogP contribution in [0.4, 0.5) is 0 Å². The average molecular weight is 249 g/mol. The summed E-state index contributed by atoms with van der Waals surface area (Å²) >= 11 is 0. The first-order valence-corrected chi connectivity index (χ1v) is 6.07. The first kappa shape index (κ1) is 14.2. The van der Waals surface area contributed by atoms with Crippen molar-refractivity contribution in [3.63, 3.8) is 0 Å². The molecule has 0 bridgehead atoms. The van der Waals surface area contributed by atoms with Crippen LogP contribution in [0.5, 0.6) is 0 Å². The Labute approximate surface area is 107 Å². The highest BCUT2D eigenvalue weighted by atomic mass is 16.4. The fraction of sp³-hybridized carbons (Fsp3) is 0.429. The van der Waals surface area contributed by atoms with Crippen LogP contribution < -0.4 is 0 Å². The summed E-state index contributed by atoms with van der Waals surface area (Å²) in [6.07, 6.45) is 4.11. The summed E-state index contributed by atoms with van der Waals surface area (Å²) in [5, 5.41) is 19.3. The molecule has 1 aliphatic carbocycles. The summed E-state index contributed by atoms with van der Waals surface area (Å²) in [5.41, 5.74) is 2.38. The van der Waals surface area contributed by atoms with E-state index in [2.05, 4.69) is 29.4 Å².